The molecule has 3 aliphatic rings. The highest BCUT2D eigenvalue weighted by Crippen LogP contribution is 2.44. The van der Waals surface area contributed by atoms with Crippen molar-refractivity contribution in [2.75, 3.05) is 0 Å². The van der Waals surface area contributed by atoms with Gasteiger partial charge in [-0.25, -0.2) is 4.79 Å². The molecule has 3 heterocycles. The second kappa shape index (κ2) is 6.53. The van der Waals surface area contributed by atoms with Gasteiger partial charge in [-0.3, -0.25) is 0 Å². The first-order valence-electron chi connectivity index (χ1n) is 9.27. The van der Waals surface area contributed by atoms with Gasteiger partial charge < -0.3 is 19.7 Å². The van der Waals surface area contributed by atoms with Crippen LogP contribution in [0.25, 0.3) is 0 Å². The first kappa shape index (κ1) is 18.6. The molecule has 0 aromatic rings. The van der Waals surface area contributed by atoms with Gasteiger partial charge in [-0.1, -0.05) is 12.7 Å². The minimum Gasteiger partial charge on any atom is -0.453 e. The standard InChI is InChI=1S/C20H30O5/c1-12-5-6-16(22)19(3)10-8-17(24-19)20(4)9-7-14(11-15(12)21)13(2)18(23)25-20/h5,14-17,21-22H,2,6-11H2,1,3-4H3. The maximum Gasteiger partial charge on any atom is 0.334 e. The lowest BCUT2D eigenvalue weighted by Gasteiger charge is -2.36. The van der Waals surface area contributed by atoms with E-state index in [2.05, 4.69) is 6.58 Å². The predicted molar refractivity (Wildman–Crippen MR) is 93.9 cm³/mol. The van der Waals surface area contributed by atoms with Crippen LogP contribution in [0.2, 0.25) is 0 Å². The maximum atomic E-state index is 12.5. The number of carbonyl (C=O) groups is 1. The summed E-state index contributed by atoms with van der Waals surface area (Å²) >= 11 is 0. The summed E-state index contributed by atoms with van der Waals surface area (Å²) in [6.45, 7) is 9.63. The summed E-state index contributed by atoms with van der Waals surface area (Å²) < 4.78 is 12.1. The number of hydrogen-bond acceptors (Lipinski definition) is 5. The molecule has 0 aromatic heterocycles. The lowest BCUT2D eigenvalue weighted by molar-refractivity contribution is -0.186. The molecule has 2 N–H and O–H groups in total. The molecule has 3 aliphatic heterocycles. The molecule has 4 bridgehead atoms. The number of fused-ring (bicyclic) bond motifs is 6. The Morgan fingerprint density at radius 3 is 2.60 bits per heavy atom. The third-order valence-corrected chi connectivity index (χ3v) is 6.47. The molecule has 6 unspecified atom stereocenters. The number of aliphatic hydroxyl groups is 2. The van der Waals surface area contributed by atoms with Crippen molar-refractivity contribution in [2.24, 2.45) is 5.92 Å². The van der Waals surface area contributed by atoms with Crippen molar-refractivity contribution in [3.05, 3.63) is 23.8 Å². The molecule has 0 aliphatic carbocycles. The zero-order valence-corrected chi connectivity index (χ0v) is 15.5. The van der Waals surface area contributed by atoms with Crippen molar-refractivity contribution in [1.82, 2.24) is 0 Å². The summed E-state index contributed by atoms with van der Waals surface area (Å²) in [4.78, 5) is 12.5. The van der Waals surface area contributed by atoms with Crippen molar-refractivity contribution in [1.29, 1.82) is 0 Å². The highest BCUT2D eigenvalue weighted by Gasteiger charge is 2.51. The number of carbonyl (C=O) groups excluding carboxylic acids is 1. The van der Waals surface area contributed by atoms with E-state index in [0.29, 0.717) is 31.3 Å². The van der Waals surface area contributed by atoms with E-state index in [1.54, 1.807) is 0 Å². The molecule has 5 nitrogen and oxygen atoms in total. The fourth-order valence-corrected chi connectivity index (χ4v) is 4.29. The second-order valence-electron chi connectivity index (χ2n) is 8.37. The Morgan fingerprint density at radius 2 is 1.88 bits per heavy atom. The molecule has 2 fully saturated rings. The van der Waals surface area contributed by atoms with Gasteiger partial charge in [0.15, 0.2) is 0 Å². The third-order valence-electron chi connectivity index (χ3n) is 6.47. The minimum absolute atomic E-state index is 0.105. The van der Waals surface area contributed by atoms with E-state index in [4.69, 9.17) is 9.47 Å². The Kier molecular flexibility index (Phi) is 4.86. The Labute approximate surface area is 149 Å². The molecule has 0 aromatic carbocycles. The molecular weight excluding hydrogens is 320 g/mol. The highest BCUT2D eigenvalue weighted by molar-refractivity contribution is 5.89. The minimum atomic E-state index is -0.728. The van der Waals surface area contributed by atoms with E-state index in [9.17, 15) is 15.0 Å². The van der Waals surface area contributed by atoms with Crippen LogP contribution < -0.4 is 0 Å². The SMILES string of the molecule is C=C1C(=O)OC2(C)CCC1CC(O)C(C)=CCC(O)C1(C)CCC2O1. The third kappa shape index (κ3) is 3.42. The number of hydrogen-bond donors (Lipinski definition) is 2. The molecule has 0 radical (unpaired) electrons. The van der Waals surface area contributed by atoms with Gasteiger partial charge in [-0.05, 0) is 70.8 Å². The number of ether oxygens (including phenoxy) is 2. The molecule has 140 valence electrons. The highest BCUT2D eigenvalue weighted by atomic mass is 16.6. The van der Waals surface area contributed by atoms with Crippen LogP contribution >= 0.6 is 0 Å². The van der Waals surface area contributed by atoms with Gasteiger partial charge in [-0.15, -0.1) is 0 Å². The van der Waals surface area contributed by atoms with Gasteiger partial charge in [0.25, 0.3) is 0 Å². The van der Waals surface area contributed by atoms with Crippen LogP contribution in [0.4, 0.5) is 0 Å². The Bertz CT molecular complexity index is 597. The monoisotopic (exact) mass is 350 g/mol. The van der Waals surface area contributed by atoms with Crippen molar-refractivity contribution < 1.29 is 24.5 Å². The first-order chi connectivity index (χ1) is 11.6. The quantitative estimate of drug-likeness (QED) is 0.399. The van der Waals surface area contributed by atoms with Crippen LogP contribution in [0, 0.1) is 5.92 Å². The number of aliphatic hydroxyl groups excluding tert-OH is 2. The van der Waals surface area contributed by atoms with Gasteiger partial charge in [0.05, 0.1) is 23.9 Å². The van der Waals surface area contributed by atoms with Crippen molar-refractivity contribution in [3.63, 3.8) is 0 Å². The zero-order chi connectivity index (χ0) is 18.4. The van der Waals surface area contributed by atoms with Crippen LogP contribution in [0.3, 0.4) is 0 Å². The lowest BCUT2D eigenvalue weighted by Crippen LogP contribution is -2.46. The van der Waals surface area contributed by atoms with E-state index >= 15 is 0 Å². The first-order valence-corrected chi connectivity index (χ1v) is 9.27. The van der Waals surface area contributed by atoms with Crippen LogP contribution in [0.5, 0.6) is 0 Å². The van der Waals surface area contributed by atoms with E-state index in [0.717, 1.165) is 18.4 Å². The summed E-state index contributed by atoms with van der Waals surface area (Å²) in [7, 11) is 0. The Morgan fingerprint density at radius 1 is 1.20 bits per heavy atom. The smallest absolute Gasteiger partial charge is 0.334 e. The number of esters is 1. The Balaban J connectivity index is 1.98. The van der Waals surface area contributed by atoms with Crippen LogP contribution in [0.15, 0.2) is 23.8 Å². The zero-order valence-electron chi connectivity index (χ0n) is 15.5. The second-order valence-corrected chi connectivity index (χ2v) is 8.37. The largest absolute Gasteiger partial charge is 0.453 e. The molecule has 0 spiro atoms. The summed E-state index contributed by atoms with van der Waals surface area (Å²) in [6.07, 6.45) is 4.08. The fourth-order valence-electron chi connectivity index (χ4n) is 4.29. The van der Waals surface area contributed by atoms with Gasteiger partial charge >= 0.3 is 5.97 Å². The molecule has 2 saturated heterocycles. The summed E-state index contributed by atoms with van der Waals surface area (Å²) in [6, 6.07) is 0. The topological polar surface area (TPSA) is 76.0 Å². The van der Waals surface area contributed by atoms with Crippen LogP contribution in [0.1, 0.15) is 59.3 Å². The summed E-state index contributed by atoms with van der Waals surface area (Å²) in [5.74, 6) is -0.500. The van der Waals surface area contributed by atoms with E-state index in [1.165, 1.54) is 0 Å². The van der Waals surface area contributed by atoms with E-state index in [-0.39, 0.29) is 12.0 Å². The van der Waals surface area contributed by atoms with Crippen molar-refractivity contribution >= 4 is 5.97 Å². The predicted octanol–water partition coefficient (Wildman–Crippen LogP) is 2.65. The maximum absolute atomic E-state index is 12.5. The summed E-state index contributed by atoms with van der Waals surface area (Å²) in [5, 5.41) is 21.2. The number of rotatable bonds is 0. The van der Waals surface area contributed by atoms with Crippen molar-refractivity contribution in [2.45, 2.75) is 88.8 Å². The van der Waals surface area contributed by atoms with E-state index in [1.807, 2.05) is 26.8 Å². The molecule has 3 rings (SSSR count). The molecule has 0 amide bonds. The molecule has 6 atom stereocenters. The van der Waals surface area contributed by atoms with Gasteiger partial charge in [-0.2, -0.15) is 0 Å². The fraction of sp³-hybridized carbons (Fsp3) is 0.750. The molecular formula is C20H30O5. The van der Waals surface area contributed by atoms with Gasteiger partial charge in [0.2, 0.25) is 0 Å². The average Bonchev–Trinajstić information content (AvgIpc) is 2.94. The van der Waals surface area contributed by atoms with Gasteiger partial charge in [0.1, 0.15) is 5.60 Å². The van der Waals surface area contributed by atoms with Gasteiger partial charge in [0, 0.05) is 5.57 Å². The molecule has 0 saturated carbocycles. The molecule has 25 heavy (non-hydrogen) atoms. The Hall–Kier alpha value is -1.17. The van der Waals surface area contributed by atoms with Crippen LogP contribution in [-0.2, 0) is 14.3 Å². The van der Waals surface area contributed by atoms with Crippen LogP contribution in [-0.4, -0.2) is 45.7 Å². The molecule has 5 heteroatoms. The normalized spacial score (nSPS) is 45.7. The summed E-state index contributed by atoms with van der Waals surface area (Å²) in [5.41, 5.74) is -0.148. The van der Waals surface area contributed by atoms with E-state index < -0.39 is 29.4 Å². The average molecular weight is 350 g/mol. The lowest BCUT2D eigenvalue weighted by atomic mass is 9.83. The van der Waals surface area contributed by atoms with Crippen molar-refractivity contribution in [3.8, 4) is 0 Å².